The van der Waals surface area contributed by atoms with Crippen molar-refractivity contribution in [2.75, 3.05) is 6.54 Å². The van der Waals surface area contributed by atoms with Crippen LogP contribution in [0.15, 0.2) is 0 Å². The summed E-state index contributed by atoms with van der Waals surface area (Å²) in [6, 6.07) is 0.245. The molecule has 1 heterocycles. The van der Waals surface area contributed by atoms with E-state index in [9.17, 15) is 4.79 Å². The minimum absolute atomic E-state index is 0. The SMILES string of the molecule is CC[C@H](N)C(=O)NC1CCCNC1C.Cl. The molecule has 4 N–H and O–H groups in total. The summed E-state index contributed by atoms with van der Waals surface area (Å²) in [4.78, 5) is 11.5. The molecule has 1 rings (SSSR count). The lowest BCUT2D eigenvalue weighted by Gasteiger charge is -2.31. The van der Waals surface area contributed by atoms with E-state index in [1.165, 1.54) is 0 Å². The van der Waals surface area contributed by atoms with Crippen LogP contribution in [0.4, 0.5) is 0 Å². The molecule has 1 amide bonds. The number of carbonyl (C=O) groups is 1. The Bertz CT molecular complexity index is 201. The highest BCUT2D eigenvalue weighted by atomic mass is 35.5. The Morgan fingerprint density at radius 2 is 2.33 bits per heavy atom. The van der Waals surface area contributed by atoms with Crippen LogP contribution in [0.5, 0.6) is 0 Å². The quantitative estimate of drug-likeness (QED) is 0.664. The van der Waals surface area contributed by atoms with Gasteiger partial charge in [-0.1, -0.05) is 6.92 Å². The number of piperidine rings is 1. The number of rotatable bonds is 3. The zero-order valence-electron chi connectivity index (χ0n) is 9.45. The molecule has 0 aromatic heterocycles. The summed E-state index contributed by atoms with van der Waals surface area (Å²) in [5.74, 6) is -0.0203. The molecule has 3 atom stereocenters. The van der Waals surface area contributed by atoms with Crippen LogP contribution in [0, 0.1) is 0 Å². The summed E-state index contributed by atoms with van der Waals surface area (Å²) in [5, 5.41) is 6.33. The first-order chi connectivity index (χ1) is 6.65. The minimum atomic E-state index is -0.357. The number of halogens is 1. The Morgan fingerprint density at radius 1 is 1.67 bits per heavy atom. The van der Waals surface area contributed by atoms with Gasteiger partial charge in [-0.2, -0.15) is 0 Å². The summed E-state index contributed by atoms with van der Waals surface area (Å²) in [6.07, 6.45) is 2.87. The van der Waals surface area contributed by atoms with Gasteiger partial charge < -0.3 is 16.4 Å². The maximum Gasteiger partial charge on any atom is 0.237 e. The summed E-state index contributed by atoms with van der Waals surface area (Å²) >= 11 is 0. The average Bonchev–Trinajstić information content (AvgIpc) is 2.20. The van der Waals surface area contributed by atoms with E-state index in [1.54, 1.807) is 0 Å². The monoisotopic (exact) mass is 235 g/mol. The highest BCUT2D eigenvalue weighted by molar-refractivity contribution is 5.85. The van der Waals surface area contributed by atoms with E-state index in [2.05, 4.69) is 17.6 Å². The van der Waals surface area contributed by atoms with Crippen molar-refractivity contribution in [2.24, 2.45) is 5.73 Å². The summed E-state index contributed by atoms with van der Waals surface area (Å²) in [5.41, 5.74) is 5.65. The minimum Gasteiger partial charge on any atom is -0.350 e. The second-order valence-electron chi connectivity index (χ2n) is 4.01. The lowest BCUT2D eigenvalue weighted by atomic mass is 9.99. The summed E-state index contributed by atoms with van der Waals surface area (Å²) in [6.45, 7) is 5.07. The van der Waals surface area contributed by atoms with E-state index in [0.29, 0.717) is 12.5 Å². The van der Waals surface area contributed by atoms with E-state index in [0.717, 1.165) is 19.4 Å². The third kappa shape index (κ3) is 4.36. The first-order valence-electron chi connectivity index (χ1n) is 5.44. The van der Waals surface area contributed by atoms with Crippen molar-refractivity contribution in [3.8, 4) is 0 Å². The summed E-state index contributed by atoms with van der Waals surface area (Å²) < 4.78 is 0. The molecule has 15 heavy (non-hydrogen) atoms. The van der Waals surface area contributed by atoms with E-state index in [-0.39, 0.29) is 30.4 Å². The van der Waals surface area contributed by atoms with Gasteiger partial charge in [-0.15, -0.1) is 12.4 Å². The molecule has 0 radical (unpaired) electrons. The average molecular weight is 236 g/mol. The fraction of sp³-hybridized carbons (Fsp3) is 0.900. The molecular formula is C10H22ClN3O. The molecule has 0 aromatic rings. The highest BCUT2D eigenvalue weighted by Crippen LogP contribution is 2.08. The highest BCUT2D eigenvalue weighted by Gasteiger charge is 2.23. The molecule has 5 heteroatoms. The standard InChI is InChI=1S/C10H21N3O.ClH/c1-3-8(11)10(14)13-9-5-4-6-12-7(9)2;/h7-9,12H,3-6,11H2,1-2H3,(H,13,14);1H/t7?,8-,9?;/m0./s1. The third-order valence-corrected chi connectivity index (χ3v) is 2.87. The molecule has 0 saturated carbocycles. The Morgan fingerprint density at radius 3 is 2.87 bits per heavy atom. The number of nitrogens with one attached hydrogen (secondary N) is 2. The van der Waals surface area contributed by atoms with Gasteiger partial charge in [-0.25, -0.2) is 0 Å². The van der Waals surface area contributed by atoms with E-state index < -0.39 is 0 Å². The predicted molar refractivity (Wildman–Crippen MR) is 64.1 cm³/mol. The molecule has 90 valence electrons. The van der Waals surface area contributed by atoms with Crippen molar-refractivity contribution in [1.29, 1.82) is 0 Å². The first-order valence-corrected chi connectivity index (χ1v) is 5.44. The van der Waals surface area contributed by atoms with Gasteiger partial charge >= 0.3 is 0 Å². The molecule has 2 unspecified atom stereocenters. The maximum atomic E-state index is 11.5. The van der Waals surface area contributed by atoms with Crippen LogP contribution < -0.4 is 16.4 Å². The van der Waals surface area contributed by atoms with Gasteiger partial charge in [-0.05, 0) is 32.7 Å². The molecule has 0 spiro atoms. The first kappa shape index (κ1) is 14.7. The van der Waals surface area contributed by atoms with Crippen molar-refractivity contribution in [2.45, 2.75) is 51.2 Å². The van der Waals surface area contributed by atoms with Gasteiger partial charge in [0.1, 0.15) is 0 Å². The molecule has 0 aliphatic carbocycles. The second kappa shape index (κ2) is 7.04. The Balaban J connectivity index is 0.00000196. The van der Waals surface area contributed by atoms with E-state index in [4.69, 9.17) is 5.73 Å². The predicted octanol–water partition coefficient (Wildman–Crippen LogP) is 0.402. The van der Waals surface area contributed by atoms with Crippen molar-refractivity contribution in [1.82, 2.24) is 10.6 Å². The number of hydrogen-bond acceptors (Lipinski definition) is 3. The van der Waals surface area contributed by atoms with Gasteiger partial charge in [-0.3, -0.25) is 4.79 Å². The normalized spacial score (nSPS) is 27.7. The molecule has 1 aliphatic rings. The maximum absolute atomic E-state index is 11.5. The van der Waals surface area contributed by atoms with Gasteiger partial charge in [0.15, 0.2) is 0 Å². The second-order valence-corrected chi connectivity index (χ2v) is 4.01. The van der Waals surface area contributed by atoms with Crippen molar-refractivity contribution < 1.29 is 4.79 Å². The molecule has 1 saturated heterocycles. The number of carbonyl (C=O) groups excluding carboxylic acids is 1. The Kier molecular flexibility index (Phi) is 6.89. The van der Waals surface area contributed by atoms with Crippen molar-refractivity contribution in [3.05, 3.63) is 0 Å². The van der Waals surface area contributed by atoms with Gasteiger partial charge in [0, 0.05) is 12.1 Å². The summed E-state index contributed by atoms with van der Waals surface area (Å²) in [7, 11) is 0. The van der Waals surface area contributed by atoms with Crippen LogP contribution in [-0.4, -0.2) is 30.6 Å². The van der Waals surface area contributed by atoms with Crippen LogP contribution in [0.25, 0.3) is 0 Å². The van der Waals surface area contributed by atoms with Crippen LogP contribution in [0.3, 0.4) is 0 Å². The fourth-order valence-corrected chi connectivity index (χ4v) is 1.72. The lowest BCUT2D eigenvalue weighted by Crippen LogP contribution is -2.55. The molecule has 1 fully saturated rings. The molecular weight excluding hydrogens is 214 g/mol. The van der Waals surface area contributed by atoms with Gasteiger partial charge in [0.25, 0.3) is 0 Å². The molecule has 0 bridgehead atoms. The van der Waals surface area contributed by atoms with Crippen LogP contribution in [0.2, 0.25) is 0 Å². The van der Waals surface area contributed by atoms with E-state index in [1.807, 2.05) is 6.92 Å². The smallest absolute Gasteiger partial charge is 0.237 e. The number of amides is 1. The van der Waals surface area contributed by atoms with Crippen molar-refractivity contribution >= 4 is 18.3 Å². The van der Waals surface area contributed by atoms with Crippen LogP contribution in [0.1, 0.15) is 33.1 Å². The molecule has 0 aromatic carbocycles. The van der Waals surface area contributed by atoms with Crippen LogP contribution >= 0.6 is 12.4 Å². The van der Waals surface area contributed by atoms with Gasteiger partial charge in [0.2, 0.25) is 5.91 Å². The fourth-order valence-electron chi connectivity index (χ4n) is 1.72. The van der Waals surface area contributed by atoms with Crippen molar-refractivity contribution in [3.63, 3.8) is 0 Å². The molecule has 4 nitrogen and oxygen atoms in total. The third-order valence-electron chi connectivity index (χ3n) is 2.87. The van der Waals surface area contributed by atoms with Crippen LogP contribution in [-0.2, 0) is 4.79 Å². The zero-order valence-corrected chi connectivity index (χ0v) is 10.3. The largest absolute Gasteiger partial charge is 0.350 e. The van der Waals surface area contributed by atoms with Gasteiger partial charge in [0.05, 0.1) is 6.04 Å². The molecule has 1 aliphatic heterocycles. The zero-order chi connectivity index (χ0) is 10.6. The Labute approximate surface area is 97.8 Å². The Hall–Kier alpha value is -0.320. The number of nitrogens with two attached hydrogens (primary N) is 1. The topological polar surface area (TPSA) is 67.2 Å². The lowest BCUT2D eigenvalue weighted by molar-refractivity contribution is -0.123. The number of hydrogen-bond donors (Lipinski definition) is 3. The van der Waals surface area contributed by atoms with E-state index >= 15 is 0 Å².